The highest BCUT2D eigenvalue weighted by atomic mass is 32.1. The van der Waals surface area contributed by atoms with Crippen molar-refractivity contribution in [3.05, 3.63) is 28.8 Å². The van der Waals surface area contributed by atoms with Crippen molar-refractivity contribution in [2.75, 3.05) is 6.61 Å². The third-order valence-corrected chi connectivity index (χ3v) is 2.29. The Balaban J connectivity index is 3.14. The Kier molecular flexibility index (Phi) is 3.58. The molecule has 0 saturated carbocycles. The normalized spacial score (nSPS) is 10.0. The van der Waals surface area contributed by atoms with Gasteiger partial charge in [0.15, 0.2) is 0 Å². The van der Waals surface area contributed by atoms with Gasteiger partial charge in [0, 0.05) is 4.90 Å². The van der Waals surface area contributed by atoms with Crippen LogP contribution in [0.3, 0.4) is 0 Å². The second kappa shape index (κ2) is 4.51. The summed E-state index contributed by atoms with van der Waals surface area (Å²) in [5.74, 6) is -0.296. The number of ether oxygens (including phenoxy) is 1. The quantitative estimate of drug-likeness (QED) is 0.600. The lowest BCUT2D eigenvalue weighted by atomic mass is 10.1. The van der Waals surface area contributed by atoms with Crippen molar-refractivity contribution in [3.8, 4) is 0 Å². The van der Waals surface area contributed by atoms with Crippen molar-refractivity contribution in [1.82, 2.24) is 0 Å². The third-order valence-electron chi connectivity index (χ3n) is 1.94. The number of carbonyl (C=O) groups excluding carboxylic acids is 1. The molecule has 0 spiro atoms. The second-order valence-electron chi connectivity index (χ2n) is 3.20. The van der Waals surface area contributed by atoms with E-state index < -0.39 is 0 Å². The molecule has 0 fully saturated rings. The smallest absolute Gasteiger partial charge is 0.339 e. The molecule has 0 aromatic heterocycles. The molecule has 0 aliphatic carbocycles. The number of hydrogen-bond acceptors (Lipinski definition) is 3. The molecule has 0 radical (unpaired) electrons. The van der Waals surface area contributed by atoms with E-state index in [-0.39, 0.29) is 5.97 Å². The van der Waals surface area contributed by atoms with E-state index in [2.05, 4.69) is 12.6 Å². The molecule has 14 heavy (non-hydrogen) atoms. The molecular formula is C11H14O2S. The number of benzene rings is 1. The van der Waals surface area contributed by atoms with Crippen molar-refractivity contribution in [2.45, 2.75) is 25.7 Å². The number of hydrogen-bond donors (Lipinski definition) is 1. The van der Waals surface area contributed by atoms with Crippen LogP contribution in [0.5, 0.6) is 0 Å². The van der Waals surface area contributed by atoms with Gasteiger partial charge in [-0.25, -0.2) is 4.79 Å². The van der Waals surface area contributed by atoms with E-state index in [0.29, 0.717) is 17.1 Å². The van der Waals surface area contributed by atoms with Crippen molar-refractivity contribution < 1.29 is 9.53 Å². The zero-order valence-corrected chi connectivity index (χ0v) is 9.52. The standard InChI is InChI=1S/C11H14O2S/c1-4-13-11(12)10-8(3)5-7(2)6-9(10)14/h5-6,14H,4H2,1-3H3. The number of carbonyl (C=O) groups is 1. The van der Waals surface area contributed by atoms with Gasteiger partial charge in [-0.1, -0.05) is 6.07 Å². The van der Waals surface area contributed by atoms with Gasteiger partial charge < -0.3 is 4.74 Å². The fourth-order valence-corrected chi connectivity index (χ4v) is 1.89. The Labute approximate surface area is 89.7 Å². The Hall–Kier alpha value is -0.960. The van der Waals surface area contributed by atoms with Crippen LogP contribution in [0.4, 0.5) is 0 Å². The van der Waals surface area contributed by atoms with Gasteiger partial charge in [-0.2, -0.15) is 0 Å². The molecule has 0 unspecified atom stereocenters. The van der Waals surface area contributed by atoms with Crippen LogP contribution in [0.1, 0.15) is 28.4 Å². The van der Waals surface area contributed by atoms with Crippen LogP contribution in [-0.4, -0.2) is 12.6 Å². The summed E-state index contributed by atoms with van der Waals surface area (Å²) in [5.41, 5.74) is 2.58. The lowest BCUT2D eigenvalue weighted by molar-refractivity contribution is 0.0521. The highest BCUT2D eigenvalue weighted by Gasteiger charge is 2.13. The number of esters is 1. The van der Waals surface area contributed by atoms with Crippen LogP contribution in [-0.2, 0) is 4.74 Å². The molecule has 0 amide bonds. The van der Waals surface area contributed by atoms with E-state index in [1.165, 1.54) is 0 Å². The predicted octanol–water partition coefficient (Wildman–Crippen LogP) is 2.77. The Morgan fingerprint density at radius 3 is 2.57 bits per heavy atom. The zero-order valence-electron chi connectivity index (χ0n) is 8.63. The van der Waals surface area contributed by atoms with E-state index in [1.807, 2.05) is 26.0 Å². The maximum Gasteiger partial charge on any atom is 0.339 e. The average molecular weight is 210 g/mol. The van der Waals surface area contributed by atoms with Crippen LogP contribution < -0.4 is 0 Å². The lowest BCUT2D eigenvalue weighted by Gasteiger charge is -2.09. The Morgan fingerprint density at radius 2 is 2.07 bits per heavy atom. The molecule has 1 rings (SSSR count). The summed E-state index contributed by atoms with van der Waals surface area (Å²) in [6, 6.07) is 3.81. The molecule has 2 nitrogen and oxygen atoms in total. The summed E-state index contributed by atoms with van der Waals surface area (Å²) in [6.07, 6.45) is 0. The molecule has 0 bridgehead atoms. The average Bonchev–Trinajstić information content (AvgIpc) is 2.01. The van der Waals surface area contributed by atoms with Crippen molar-refractivity contribution in [1.29, 1.82) is 0 Å². The summed E-state index contributed by atoms with van der Waals surface area (Å²) in [6.45, 7) is 6.04. The first kappa shape index (κ1) is 11.1. The van der Waals surface area contributed by atoms with Gasteiger partial charge in [-0.05, 0) is 38.0 Å². The maximum absolute atomic E-state index is 11.5. The molecule has 0 aliphatic heterocycles. The predicted molar refractivity (Wildman–Crippen MR) is 59.1 cm³/mol. The van der Waals surface area contributed by atoms with E-state index in [0.717, 1.165) is 11.1 Å². The topological polar surface area (TPSA) is 26.3 Å². The first-order valence-electron chi connectivity index (χ1n) is 4.53. The molecule has 1 aromatic rings. The molecule has 76 valence electrons. The minimum Gasteiger partial charge on any atom is -0.462 e. The molecule has 0 saturated heterocycles. The fourth-order valence-electron chi connectivity index (χ4n) is 1.41. The van der Waals surface area contributed by atoms with Gasteiger partial charge in [-0.3, -0.25) is 0 Å². The van der Waals surface area contributed by atoms with Crippen molar-refractivity contribution in [3.63, 3.8) is 0 Å². The van der Waals surface area contributed by atoms with E-state index in [1.54, 1.807) is 6.92 Å². The van der Waals surface area contributed by atoms with Crippen LogP contribution >= 0.6 is 12.6 Å². The van der Waals surface area contributed by atoms with Crippen LogP contribution in [0, 0.1) is 13.8 Å². The van der Waals surface area contributed by atoms with E-state index in [9.17, 15) is 4.79 Å². The summed E-state index contributed by atoms with van der Waals surface area (Å²) >= 11 is 4.27. The largest absolute Gasteiger partial charge is 0.462 e. The molecule has 1 aromatic carbocycles. The molecule has 0 heterocycles. The second-order valence-corrected chi connectivity index (χ2v) is 3.68. The first-order valence-corrected chi connectivity index (χ1v) is 4.98. The van der Waals surface area contributed by atoms with Crippen molar-refractivity contribution >= 4 is 18.6 Å². The maximum atomic E-state index is 11.5. The van der Waals surface area contributed by atoms with E-state index in [4.69, 9.17) is 4.74 Å². The Morgan fingerprint density at radius 1 is 1.43 bits per heavy atom. The van der Waals surface area contributed by atoms with Gasteiger partial charge in [0.05, 0.1) is 12.2 Å². The highest BCUT2D eigenvalue weighted by Crippen LogP contribution is 2.21. The minimum atomic E-state index is -0.296. The van der Waals surface area contributed by atoms with Crippen LogP contribution in [0.2, 0.25) is 0 Å². The van der Waals surface area contributed by atoms with E-state index >= 15 is 0 Å². The van der Waals surface area contributed by atoms with Gasteiger partial charge in [-0.15, -0.1) is 12.6 Å². The van der Waals surface area contributed by atoms with Gasteiger partial charge >= 0.3 is 5.97 Å². The van der Waals surface area contributed by atoms with Gasteiger partial charge in [0.25, 0.3) is 0 Å². The fraction of sp³-hybridized carbons (Fsp3) is 0.364. The number of rotatable bonds is 2. The Bertz CT molecular complexity index is 335. The number of aryl methyl sites for hydroxylation is 2. The van der Waals surface area contributed by atoms with Gasteiger partial charge in [0.1, 0.15) is 0 Å². The zero-order chi connectivity index (χ0) is 10.7. The first-order chi connectivity index (χ1) is 6.56. The molecule has 0 atom stereocenters. The third kappa shape index (κ3) is 2.29. The summed E-state index contributed by atoms with van der Waals surface area (Å²) in [4.78, 5) is 12.2. The summed E-state index contributed by atoms with van der Waals surface area (Å²) < 4.78 is 4.94. The van der Waals surface area contributed by atoms with Crippen molar-refractivity contribution in [2.24, 2.45) is 0 Å². The SMILES string of the molecule is CCOC(=O)c1c(C)cc(C)cc1S. The minimum absolute atomic E-state index is 0.296. The number of thiol groups is 1. The molecule has 3 heteroatoms. The summed E-state index contributed by atoms with van der Waals surface area (Å²) in [7, 11) is 0. The van der Waals surface area contributed by atoms with Crippen LogP contribution in [0.15, 0.2) is 17.0 Å². The monoisotopic (exact) mass is 210 g/mol. The summed E-state index contributed by atoms with van der Waals surface area (Å²) in [5, 5.41) is 0. The van der Waals surface area contributed by atoms with Gasteiger partial charge in [0.2, 0.25) is 0 Å². The lowest BCUT2D eigenvalue weighted by Crippen LogP contribution is -2.08. The van der Waals surface area contributed by atoms with Crippen LogP contribution in [0.25, 0.3) is 0 Å². The molecular weight excluding hydrogens is 196 g/mol. The molecule has 0 N–H and O–H groups in total. The highest BCUT2D eigenvalue weighted by molar-refractivity contribution is 7.80. The molecule has 0 aliphatic rings.